The van der Waals surface area contributed by atoms with Gasteiger partial charge in [-0.3, -0.25) is 4.99 Å². The Morgan fingerprint density at radius 1 is 1.23 bits per heavy atom. The molecule has 1 nitrogen and oxygen atoms in total. The zero-order chi connectivity index (χ0) is 10.0. The lowest BCUT2D eigenvalue weighted by Crippen LogP contribution is -1.89. The van der Waals surface area contributed by atoms with Crippen LogP contribution in [0.15, 0.2) is 17.6 Å². The molecule has 0 aliphatic carbocycles. The summed E-state index contributed by atoms with van der Waals surface area (Å²) in [5.74, 6) is 0. The Labute approximate surface area is 79.8 Å². The molecule has 0 aliphatic heterocycles. The van der Waals surface area contributed by atoms with Gasteiger partial charge in [0.1, 0.15) is 0 Å². The first-order chi connectivity index (χ1) is 6.11. The summed E-state index contributed by atoms with van der Waals surface area (Å²) in [7, 11) is 0. The first-order valence-corrected chi connectivity index (χ1v) is 4.31. The van der Waals surface area contributed by atoms with Crippen molar-refractivity contribution < 1.29 is 0 Å². The molecule has 0 atom stereocenters. The summed E-state index contributed by atoms with van der Waals surface area (Å²) < 4.78 is 0. The monoisotopic (exact) mass is 173 g/mol. The maximum absolute atomic E-state index is 4.04. The van der Waals surface area contributed by atoms with E-state index in [1.165, 1.54) is 16.7 Å². The van der Waals surface area contributed by atoms with Crippen LogP contribution in [0.3, 0.4) is 0 Å². The standard InChI is InChI=1S/C12H15N/c1-6-11-9(3)7-8(2)10(4)12(11)13-5/h6-7H,1,5H2,2-4H3. The highest BCUT2D eigenvalue weighted by Crippen LogP contribution is 2.30. The van der Waals surface area contributed by atoms with E-state index in [1.54, 1.807) is 0 Å². The number of hydrogen-bond donors (Lipinski definition) is 0. The minimum absolute atomic E-state index is 0.965. The smallest absolute Gasteiger partial charge is 0.0728 e. The van der Waals surface area contributed by atoms with Crippen LogP contribution in [0.2, 0.25) is 0 Å². The van der Waals surface area contributed by atoms with E-state index in [0.717, 1.165) is 11.3 Å². The Morgan fingerprint density at radius 3 is 2.31 bits per heavy atom. The number of nitrogens with zero attached hydrogens (tertiary/aromatic N) is 1. The SMILES string of the molecule is C=Cc1c(C)cc(C)c(C)c1N=C. The molecule has 0 heterocycles. The molecule has 0 N–H and O–H groups in total. The highest BCUT2D eigenvalue weighted by atomic mass is 14.7. The van der Waals surface area contributed by atoms with Crippen molar-refractivity contribution in [2.45, 2.75) is 20.8 Å². The van der Waals surface area contributed by atoms with Gasteiger partial charge in [-0.25, -0.2) is 0 Å². The second kappa shape index (κ2) is 3.56. The van der Waals surface area contributed by atoms with Crippen LogP contribution in [0.5, 0.6) is 0 Å². The topological polar surface area (TPSA) is 12.4 Å². The van der Waals surface area contributed by atoms with Gasteiger partial charge in [0.15, 0.2) is 0 Å². The van der Waals surface area contributed by atoms with Crippen LogP contribution < -0.4 is 0 Å². The first-order valence-electron chi connectivity index (χ1n) is 4.31. The normalized spacial score (nSPS) is 9.77. The van der Waals surface area contributed by atoms with Crippen LogP contribution in [-0.4, -0.2) is 6.72 Å². The van der Waals surface area contributed by atoms with Gasteiger partial charge >= 0.3 is 0 Å². The average Bonchev–Trinajstić information content (AvgIpc) is 2.10. The number of rotatable bonds is 2. The number of hydrogen-bond acceptors (Lipinski definition) is 1. The molecule has 0 aromatic heterocycles. The Kier molecular flexibility index (Phi) is 2.66. The van der Waals surface area contributed by atoms with Crippen LogP contribution in [0.4, 0.5) is 5.69 Å². The Morgan fingerprint density at radius 2 is 1.85 bits per heavy atom. The third-order valence-corrected chi connectivity index (χ3v) is 2.42. The molecule has 1 aromatic rings. The summed E-state index contributed by atoms with van der Waals surface area (Å²) in [5, 5.41) is 0. The van der Waals surface area contributed by atoms with Gasteiger partial charge in [0.25, 0.3) is 0 Å². The van der Waals surface area contributed by atoms with Crippen molar-refractivity contribution in [3.05, 3.63) is 34.9 Å². The predicted molar refractivity (Wildman–Crippen MR) is 60.0 cm³/mol. The number of benzene rings is 1. The van der Waals surface area contributed by atoms with Crippen molar-refractivity contribution in [1.29, 1.82) is 0 Å². The molecule has 1 rings (SSSR count). The van der Waals surface area contributed by atoms with Crippen molar-refractivity contribution in [3.8, 4) is 0 Å². The molecular weight excluding hydrogens is 158 g/mol. The Balaban J connectivity index is 3.59. The molecule has 0 saturated carbocycles. The van der Waals surface area contributed by atoms with Crippen molar-refractivity contribution in [2.75, 3.05) is 0 Å². The quantitative estimate of drug-likeness (QED) is 0.606. The molecule has 0 spiro atoms. The van der Waals surface area contributed by atoms with Gasteiger partial charge in [-0.1, -0.05) is 18.7 Å². The van der Waals surface area contributed by atoms with Crippen LogP contribution in [0, 0.1) is 20.8 Å². The zero-order valence-corrected chi connectivity index (χ0v) is 8.52. The molecule has 0 radical (unpaired) electrons. The molecule has 1 aromatic carbocycles. The van der Waals surface area contributed by atoms with Crippen LogP contribution in [0.1, 0.15) is 22.3 Å². The fraction of sp³-hybridized carbons (Fsp3) is 0.250. The lowest BCUT2D eigenvalue weighted by molar-refractivity contribution is 1.27. The third-order valence-electron chi connectivity index (χ3n) is 2.42. The summed E-state index contributed by atoms with van der Waals surface area (Å²) in [6, 6.07) is 2.15. The van der Waals surface area contributed by atoms with Gasteiger partial charge in [-0.2, -0.15) is 0 Å². The predicted octanol–water partition coefficient (Wildman–Crippen LogP) is 3.59. The summed E-state index contributed by atoms with van der Waals surface area (Å²) >= 11 is 0. The van der Waals surface area contributed by atoms with E-state index in [1.807, 2.05) is 6.08 Å². The summed E-state index contributed by atoms with van der Waals surface area (Å²) in [6.45, 7) is 13.6. The van der Waals surface area contributed by atoms with Crippen molar-refractivity contribution >= 4 is 18.5 Å². The first kappa shape index (κ1) is 9.72. The summed E-state index contributed by atoms with van der Waals surface area (Å²) in [5.41, 5.74) is 5.71. The minimum atomic E-state index is 0.965. The fourth-order valence-electron chi connectivity index (χ4n) is 1.55. The van der Waals surface area contributed by atoms with Crippen molar-refractivity contribution in [1.82, 2.24) is 0 Å². The summed E-state index contributed by atoms with van der Waals surface area (Å²) in [4.78, 5) is 4.04. The average molecular weight is 173 g/mol. The van der Waals surface area contributed by atoms with Crippen LogP contribution in [0.25, 0.3) is 6.08 Å². The van der Waals surface area contributed by atoms with Gasteiger partial charge in [0, 0.05) is 5.56 Å². The van der Waals surface area contributed by atoms with Gasteiger partial charge in [-0.05, 0) is 44.2 Å². The highest BCUT2D eigenvalue weighted by Gasteiger charge is 2.06. The van der Waals surface area contributed by atoms with E-state index >= 15 is 0 Å². The lowest BCUT2D eigenvalue weighted by atomic mass is 9.98. The molecule has 0 aliphatic rings. The molecule has 0 amide bonds. The van der Waals surface area contributed by atoms with Crippen molar-refractivity contribution in [2.24, 2.45) is 4.99 Å². The van der Waals surface area contributed by atoms with Gasteiger partial charge in [0.05, 0.1) is 5.69 Å². The van der Waals surface area contributed by atoms with E-state index in [-0.39, 0.29) is 0 Å². The van der Waals surface area contributed by atoms with Crippen molar-refractivity contribution in [3.63, 3.8) is 0 Å². The molecule has 13 heavy (non-hydrogen) atoms. The maximum atomic E-state index is 4.04. The number of aryl methyl sites for hydroxylation is 2. The van der Waals surface area contributed by atoms with E-state index in [0.29, 0.717) is 0 Å². The summed E-state index contributed by atoms with van der Waals surface area (Å²) in [6.07, 6.45) is 1.84. The Bertz CT molecular complexity index is 362. The van der Waals surface area contributed by atoms with E-state index in [4.69, 9.17) is 0 Å². The van der Waals surface area contributed by atoms with E-state index < -0.39 is 0 Å². The molecule has 0 fully saturated rings. The molecule has 1 heteroatoms. The largest absolute Gasteiger partial charge is 0.264 e. The minimum Gasteiger partial charge on any atom is -0.264 e. The van der Waals surface area contributed by atoms with Gasteiger partial charge in [0.2, 0.25) is 0 Å². The van der Waals surface area contributed by atoms with Crippen LogP contribution >= 0.6 is 0 Å². The molecule has 0 unspecified atom stereocenters. The zero-order valence-electron chi connectivity index (χ0n) is 8.52. The molecule has 0 saturated heterocycles. The number of aliphatic imine (C=N–C) groups is 1. The molecule has 68 valence electrons. The molecular formula is C12H15N. The fourth-order valence-corrected chi connectivity index (χ4v) is 1.55. The second-order valence-electron chi connectivity index (χ2n) is 3.26. The third kappa shape index (κ3) is 1.55. The Hall–Kier alpha value is -1.37. The van der Waals surface area contributed by atoms with Gasteiger partial charge < -0.3 is 0 Å². The lowest BCUT2D eigenvalue weighted by Gasteiger charge is -2.10. The maximum Gasteiger partial charge on any atom is 0.0728 e. The van der Waals surface area contributed by atoms with E-state index in [9.17, 15) is 0 Å². The van der Waals surface area contributed by atoms with Gasteiger partial charge in [-0.15, -0.1) is 0 Å². The van der Waals surface area contributed by atoms with Crippen LogP contribution in [-0.2, 0) is 0 Å². The molecule has 0 bridgehead atoms. The highest BCUT2D eigenvalue weighted by molar-refractivity contribution is 5.72. The second-order valence-corrected chi connectivity index (χ2v) is 3.26. The van der Waals surface area contributed by atoms with E-state index in [2.05, 4.69) is 45.1 Å².